The molecule has 1 aliphatic rings. The van der Waals surface area contributed by atoms with Crippen molar-refractivity contribution in [3.05, 3.63) is 47.8 Å². The molecule has 19 heavy (non-hydrogen) atoms. The molecule has 0 atom stereocenters. The van der Waals surface area contributed by atoms with Gasteiger partial charge in [0.25, 0.3) is 0 Å². The van der Waals surface area contributed by atoms with Gasteiger partial charge in [-0.1, -0.05) is 0 Å². The normalized spacial score (nSPS) is 16.3. The number of fused-ring (bicyclic) bond motifs is 1. The Labute approximate surface area is 110 Å². The van der Waals surface area contributed by atoms with Gasteiger partial charge in [-0.15, -0.1) is 0 Å². The summed E-state index contributed by atoms with van der Waals surface area (Å²) in [6.07, 6.45) is 2.15. The van der Waals surface area contributed by atoms with Gasteiger partial charge in [0.2, 0.25) is 10.0 Å². The van der Waals surface area contributed by atoms with Crippen molar-refractivity contribution < 1.29 is 12.8 Å². The van der Waals surface area contributed by atoms with Gasteiger partial charge in [0, 0.05) is 13.0 Å². The average Bonchev–Trinajstić information content (AvgIpc) is 2.86. The number of benzene rings is 1. The van der Waals surface area contributed by atoms with E-state index >= 15 is 0 Å². The molecule has 2 aromatic rings. The summed E-state index contributed by atoms with van der Waals surface area (Å²) in [5, 5.41) is 0. The number of hydrogen-bond acceptors (Lipinski definition) is 3. The number of halogens is 1. The van der Waals surface area contributed by atoms with Crippen molar-refractivity contribution in [2.24, 2.45) is 0 Å². The van der Waals surface area contributed by atoms with Crippen molar-refractivity contribution in [3.8, 4) is 0 Å². The van der Waals surface area contributed by atoms with Crippen LogP contribution in [-0.4, -0.2) is 29.2 Å². The molecule has 1 N–H and O–H groups in total. The van der Waals surface area contributed by atoms with Gasteiger partial charge >= 0.3 is 0 Å². The van der Waals surface area contributed by atoms with E-state index in [1.165, 1.54) is 16.4 Å². The average molecular weight is 281 g/mol. The van der Waals surface area contributed by atoms with Gasteiger partial charge < -0.3 is 4.98 Å². The Kier molecular flexibility index (Phi) is 2.87. The van der Waals surface area contributed by atoms with Crippen LogP contribution in [-0.2, 0) is 23.0 Å². The SMILES string of the molecule is O=S(=O)(c1ccc(F)cc1)N1CCc2nc[nH]c2C1. The first-order valence-corrected chi connectivity index (χ1v) is 7.28. The van der Waals surface area contributed by atoms with Crippen molar-refractivity contribution in [3.63, 3.8) is 0 Å². The van der Waals surface area contributed by atoms with Crippen LogP contribution in [0.1, 0.15) is 11.4 Å². The monoisotopic (exact) mass is 281 g/mol. The second kappa shape index (κ2) is 4.43. The molecule has 5 nitrogen and oxygen atoms in total. The van der Waals surface area contributed by atoms with Gasteiger partial charge in [-0.25, -0.2) is 17.8 Å². The zero-order chi connectivity index (χ0) is 13.5. The largest absolute Gasteiger partial charge is 0.347 e. The zero-order valence-corrected chi connectivity index (χ0v) is 10.8. The molecule has 0 radical (unpaired) electrons. The fourth-order valence-corrected chi connectivity index (χ4v) is 3.56. The number of aromatic amines is 1. The zero-order valence-electron chi connectivity index (χ0n) is 10.0. The number of imidazole rings is 1. The van der Waals surface area contributed by atoms with Gasteiger partial charge in [0.1, 0.15) is 5.82 Å². The fourth-order valence-electron chi connectivity index (χ4n) is 2.15. The van der Waals surface area contributed by atoms with Crippen molar-refractivity contribution in [1.82, 2.24) is 14.3 Å². The number of nitrogens with zero attached hydrogens (tertiary/aromatic N) is 2. The molecule has 100 valence electrons. The first kappa shape index (κ1) is 12.3. The van der Waals surface area contributed by atoms with Crippen molar-refractivity contribution in [2.45, 2.75) is 17.9 Å². The molecule has 7 heteroatoms. The van der Waals surface area contributed by atoms with E-state index in [9.17, 15) is 12.8 Å². The van der Waals surface area contributed by atoms with Gasteiger partial charge in [0.05, 0.1) is 29.2 Å². The molecule has 0 unspecified atom stereocenters. The van der Waals surface area contributed by atoms with Gasteiger partial charge in [-0.05, 0) is 24.3 Å². The van der Waals surface area contributed by atoms with Crippen LogP contribution in [0, 0.1) is 5.82 Å². The van der Waals surface area contributed by atoms with Crippen molar-refractivity contribution in [1.29, 1.82) is 0 Å². The Morgan fingerprint density at radius 2 is 2.00 bits per heavy atom. The highest BCUT2D eigenvalue weighted by atomic mass is 32.2. The van der Waals surface area contributed by atoms with Crippen LogP contribution in [0.3, 0.4) is 0 Å². The van der Waals surface area contributed by atoms with Crippen molar-refractivity contribution in [2.75, 3.05) is 6.54 Å². The standard InChI is InChI=1S/C12H12FN3O2S/c13-9-1-3-10(4-2-9)19(17,18)16-6-5-11-12(7-16)15-8-14-11/h1-4,8H,5-7H2,(H,14,15). The maximum Gasteiger partial charge on any atom is 0.243 e. The molecule has 1 aliphatic heterocycles. The summed E-state index contributed by atoms with van der Waals surface area (Å²) in [5.41, 5.74) is 1.72. The number of nitrogens with one attached hydrogen (secondary N) is 1. The van der Waals surface area contributed by atoms with E-state index in [-0.39, 0.29) is 11.4 Å². The molecule has 3 rings (SSSR count). The number of rotatable bonds is 2. The lowest BCUT2D eigenvalue weighted by Crippen LogP contribution is -2.36. The lowest BCUT2D eigenvalue weighted by atomic mass is 10.2. The van der Waals surface area contributed by atoms with E-state index in [4.69, 9.17) is 0 Å². The summed E-state index contributed by atoms with van der Waals surface area (Å²) in [5.74, 6) is -0.451. The molecule has 1 aromatic heterocycles. The van der Waals surface area contributed by atoms with Crippen LogP contribution >= 0.6 is 0 Å². The predicted molar refractivity (Wildman–Crippen MR) is 66.3 cm³/mol. The van der Waals surface area contributed by atoms with Gasteiger partial charge in [0.15, 0.2) is 0 Å². The molecule has 1 aromatic carbocycles. The van der Waals surface area contributed by atoms with E-state index in [1.807, 2.05) is 0 Å². The molecule has 0 saturated carbocycles. The third-order valence-electron chi connectivity index (χ3n) is 3.19. The summed E-state index contributed by atoms with van der Waals surface area (Å²) >= 11 is 0. The molecular weight excluding hydrogens is 269 g/mol. The minimum atomic E-state index is -3.58. The molecule has 0 amide bonds. The second-order valence-corrected chi connectivity index (χ2v) is 6.31. The quantitative estimate of drug-likeness (QED) is 0.902. The lowest BCUT2D eigenvalue weighted by molar-refractivity contribution is 0.385. The molecule has 0 fully saturated rings. The van der Waals surface area contributed by atoms with Crippen molar-refractivity contribution >= 4 is 10.0 Å². The molecule has 0 bridgehead atoms. The molecule has 0 spiro atoms. The topological polar surface area (TPSA) is 66.1 Å². The highest BCUT2D eigenvalue weighted by Gasteiger charge is 2.29. The highest BCUT2D eigenvalue weighted by molar-refractivity contribution is 7.89. The van der Waals surface area contributed by atoms with Crippen LogP contribution in [0.2, 0.25) is 0 Å². The van der Waals surface area contributed by atoms with Crippen LogP contribution in [0.4, 0.5) is 4.39 Å². The molecule has 2 heterocycles. The summed E-state index contributed by atoms with van der Waals surface area (Å²) in [6, 6.07) is 4.87. The van der Waals surface area contributed by atoms with Crippen LogP contribution in [0.25, 0.3) is 0 Å². The summed E-state index contributed by atoms with van der Waals surface area (Å²) in [4.78, 5) is 7.18. The maximum atomic E-state index is 12.9. The maximum absolute atomic E-state index is 12.9. The molecule has 0 saturated heterocycles. The Hall–Kier alpha value is -1.73. The summed E-state index contributed by atoms with van der Waals surface area (Å²) in [6.45, 7) is 0.659. The lowest BCUT2D eigenvalue weighted by Gasteiger charge is -2.25. The predicted octanol–water partition coefficient (Wildman–Crippen LogP) is 1.30. The fraction of sp³-hybridized carbons (Fsp3) is 0.250. The van der Waals surface area contributed by atoms with E-state index in [0.717, 1.165) is 23.5 Å². The van der Waals surface area contributed by atoms with E-state index in [2.05, 4.69) is 9.97 Å². The Bertz CT molecular complexity index is 694. The summed E-state index contributed by atoms with van der Waals surface area (Å²) < 4.78 is 39.0. The van der Waals surface area contributed by atoms with Crippen LogP contribution in [0.5, 0.6) is 0 Å². The first-order valence-electron chi connectivity index (χ1n) is 5.84. The minimum absolute atomic E-state index is 0.108. The molecule has 0 aliphatic carbocycles. The van der Waals surface area contributed by atoms with Crippen LogP contribution in [0.15, 0.2) is 35.5 Å². The summed E-state index contributed by atoms with van der Waals surface area (Å²) in [7, 11) is -3.58. The highest BCUT2D eigenvalue weighted by Crippen LogP contribution is 2.23. The third kappa shape index (κ3) is 2.15. The molecular formula is C12H12FN3O2S. The van der Waals surface area contributed by atoms with E-state index < -0.39 is 15.8 Å². The second-order valence-electron chi connectivity index (χ2n) is 4.37. The first-order chi connectivity index (χ1) is 9.07. The number of aromatic nitrogens is 2. The smallest absolute Gasteiger partial charge is 0.243 e. The number of hydrogen-bond donors (Lipinski definition) is 1. The minimum Gasteiger partial charge on any atom is -0.347 e. The number of H-pyrrole nitrogens is 1. The van der Waals surface area contributed by atoms with Gasteiger partial charge in [-0.2, -0.15) is 4.31 Å². The number of sulfonamides is 1. The Balaban J connectivity index is 1.92. The van der Waals surface area contributed by atoms with Gasteiger partial charge in [-0.3, -0.25) is 0 Å². The Morgan fingerprint density at radius 1 is 1.26 bits per heavy atom. The third-order valence-corrected chi connectivity index (χ3v) is 5.05. The van der Waals surface area contributed by atoms with Crippen LogP contribution < -0.4 is 0 Å². The van der Waals surface area contributed by atoms with E-state index in [0.29, 0.717) is 13.0 Å². The van der Waals surface area contributed by atoms with E-state index in [1.54, 1.807) is 6.33 Å². The Morgan fingerprint density at radius 3 is 2.74 bits per heavy atom.